The summed E-state index contributed by atoms with van der Waals surface area (Å²) in [5.74, 6) is -3.45. The van der Waals surface area contributed by atoms with E-state index in [2.05, 4.69) is 15.4 Å². The standard InChI is InChI=1S/C22H27FN4O10P2/c1-13(14-4-2-3-5-15(14)23)26-20-16-6-7-17(27(16)25-11-24-20)22-19(29)18(28)21(37-22,8-9-35-22)10-36-39(33,34)12-38(30,31)32/h2-7,11,13,18-19,28-29H,8-10,12H2,1H3,(H,33,34)(H,24,25,26)(H2,30,31,32)/t13-,18-,19+,21+,22-/m0/s1. The van der Waals surface area contributed by atoms with Crippen molar-refractivity contribution < 1.29 is 52.4 Å². The molecule has 3 aromatic rings. The van der Waals surface area contributed by atoms with E-state index in [9.17, 15) is 28.6 Å². The molecule has 14 nitrogen and oxygen atoms in total. The molecule has 0 radical (unpaired) electrons. The summed E-state index contributed by atoms with van der Waals surface area (Å²) >= 11 is 0. The van der Waals surface area contributed by atoms with E-state index in [0.717, 1.165) is 0 Å². The number of fused-ring (bicyclic) bond motifs is 3. The van der Waals surface area contributed by atoms with Crippen LogP contribution in [0, 0.1) is 5.82 Å². The number of aliphatic hydroxyl groups excluding tert-OH is 2. The molecule has 5 rings (SSSR count). The summed E-state index contributed by atoms with van der Waals surface area (Å²) in [5, 5.41) is 29.4. The Bertz CT molecular complexity index is 1490. The van der Waals surface area contributed by atoms with Crippen LogP contribution in [-0.2, 0) is 28.9 Å². The minimum absolute atomic E-state index is 0.0614. The molecule has 2 fully saturated rings. The Morgan fingerprint density at radius 1 is 1.21 bits per heavy atom. The van der Waals surface area contributed by atoms with Crippen molar-refractivity contribution in [3.63, 3.8) is 0 Å². The van der Waals surface area contributed by atoms with Gasteiger partial charge in [-0.05, 0) is 25.1 Å². The van der Waals surface area contributed by atoms with Crippen LogP contribution in [-0.4, -0.2) is 76.4 Å². The largest absolute Gasteiger partial charge is 0.387 e. The first-order valence-corrected chi connectivity index (χ1v) is 15.4. The minimum Gasteiger partial charge on any atom is -0.387 e. The number of nitrogens with one attached hydrogen (secondary N) is 1. The normalized spacial score (nSPS) is 29.3. The highest BCUT2D eigenvalue weighted by Crippen LogP contribution is 2.58. The molecule has 2 saturated heterocycles. The van der Waals surface area contributed by atoms with Gasteiger partial charge in [0.05, 0.1) is 19.3 Å². The molecule has 1 aromatic carbocycles. The van der Waals surface area contributed by atoms with Gasteiger partial charge in [-0.15, -0.1) is 0 Å². The number of benzene rings is 1. The lowest BCUT2D eigenvalue weighted by molar-refractivity contribution is -0.324. The third-order valence-corrected chi connectivity index (χ3v) is 10.3. The van der Waals surface area contributed by atoms with E-state index in [1.165, 1.54) is 23.0 Å². The number of halogens is 1. The second-order valence-corrected chi connectivity index (χ2v) is 13.5. The number of ether oxygens (including phenoxy) is 2. The summed E-state index contributed by atoms with van der Waals surface area (Å²) in [6, 6.07) is 8.95. The predicted molar refractivity (Wildman–Crippen MR) is 132 cm³/mol. The molecule has 6 N–H and O–H groups in total. The Hall–Kier alpha value is -2.29. The van der Waals surface area contributed by atoms with Crippen LogP contribution in [0.4, 0.5) is 10.2 Å². The van der Waals surface area contributed by atoms with Crippen LogP contribution >= 0.6 is 15.2 Å². The summed E-state index contributed by atoms with van der Waals surface area (Å²) < 4.78 is 55.9. The molecule has 17 heteroatoms. The Morgan fingerprint density at radius 2 is 1.95 bits per heavy atom. The highest BCUT2D eigenvalue weighted by atomic mass is 31.2. The molecule has 2 aromatic heterocycles. The number of hydrogen-bond donors (Lipinski definition) is 6. The van der Waals surface area contributed by atoms with Crippen LogP contribution in [0.3, 0.4) is 0 Å². The summed E-state index contributed by atoms with van der Waals surface area (Å²) in [5.41, 5.74) is -0.739. The Morgan fingerprint density at radius 3 is 2.67 bits per heavy atom. The molecular weight excluding hydrogens is 561 g/mol. The van der Waals surface area contributed by atoms with Gasteiger partial charge in [-0.3, -0.25) is 9.13 Å². The smallest absolute Gasteiger partial charge is 0.340 e. The van der Waals surface area contributed by atoms with Crippen molar-refractivity contribution in [2.24, 2.45) is 0 Å². The molecule has 1 unspecified atom stereocenters. The van der Waals surface area contributed by atoms with Gasteiger partial charge in [0.2, 0.25) is 5.79 Å². The van der Waals surface area contributed by atoms with Gasteiger partial charge >= 0.3 is 15.2 Å². The van der Waals surface area contributed by atoms with Crippen molar-refractivity contribution in [2.75, 3.05) is 24.4 Å². The lowest BCUT2D eigenvalue weighted by atomic mass is 9.92. The van der Waals surface area contributed by atoms with Gasteiger partial charge in [0.15, 0.2) is 11.7 Å². The molecule has 0 aliphatic carbocycles. The maximum absolute atomic E-state index is 14.3. The lowest BCUT2D eigenvalue weighted by Crippen LogP contribution is -2.49. The Balaban J connectivity index is 1.45. The molecule has 6 atom stereocenters. The number of hydrogen-bond acceptors (Lipinski definition) is 10. The summed E-state index contributed by atoms with van der Waals surface area (Å²) in [6.45, 7) is 0.930. The zero-order valence-corrected chi connectivity index (χ0v) is 22.3. The van der Waals surface area contributed by atoms with E-state index in [1.807, 2.05) is 0 Å². The number of rotatable bonds is 9. The summed E-state index contributed by atoms with van der Waals surface area (Å²) in [4.78, 5) is 32.3. The molecule has 2 aliphatic rings. The Labute approximate surface area is 221 Å². The zero-order chi connectivity index (χ0) is 28.2. The van der Waals surface area contributed by atoms with Crippen molar-refractivity contribution >= 4 is 26.5 Å². The second-order valence-electron chi connectivity index (χ2n) is 9.55. The average molecular weight is 588 g/mol. The molecule has 39 heavy (non-hydrogen) atoms. The van der Waals surface area contributed by atoms with Crippen molar-refractivity contribution in [2.45, 2.75) is 43.0 Å². The van der Waals surface area contributed by atoms with E-state index in [-0.39, 0.29) is 18.7 Å². The molecule has 2 bridgehead atoms. The van der Waals surface area contributed by atoms with E-state index >= 15 is 0 Å². The molecule has 4 heterocycles. The van der Waals surface area contributed by atoms with Crippen LogP contribution in [0.2, 0.25) is 0 Å². The third kappa shape index (κ3) is 5.16. The van der Waals surface area contributed by atoms with E-state index in [0.29, 0.717) is 16.9 Å². The number of nitrogens with zero attached hydrogens (tertiary/aromatic N) is 3. The van der Waals surface area contributed by atoms with Crippen LogP contribution < -0.4 is 5.32 Å². The van der Waals surface area contributed by atoms with Crippen molar-refractivity contribution in [3.8, 4) is 0 Å². The monoisotopic (exact) mass is 588 g/mol. The fourth-order valence-corrected chi connectivity index (χ4v) is 7.58. The molecule has 0 saturated carbocycles. The lowest BCUT2D eigenvalue weighted by Gasteiger charge is -2.39. The van der Waals surface area contributed by atoms with Crippen LogP contribution in [0.15, 0.2) is 42.7 Å². The number of aliphatic hydroxyl groups is 2. The quantitative estimate of drug-likeness (QED) is 0.196. The maximum Gasteiger partial charge on any atom is 0.340 e. The number of aromatic nitrogens is 3. The van der Waals surface area contributed by atoms with Gasteiger partial charge in [0.1, 0.15) is 41.2 Å². The first-order chi connectivity index (χ1) is 18.3. The van der Waals surface area contributed by atoms with Crippen LogP contribution in [0.5, 0.6) is 0 Å². The van der Waals surface area contributed by atoms with Gasteiger partial charge in [-0.1, -0.05) is 18.2 Å². The van der Waals surface area contributed by atoms with Crippen molar-refractivity contribution in [1.29, 1.82) is 0 Å². The third-order valence-electron chi connectivity index (χ3n) is 6.83. The molecular formula is C22H27FN4O10P2. The molecule has 0 amide bonds. The minimum atomic E-state index is -4.88. The molecule has 0 spiro atoms. The highest BCUT2D eigenvalue weighted by Gasteiger charge is 2.67. The van der Waals surface area contributed by atoms with Crippen molar-refractivity contribution in [3.05, 3.63) is 59.8 Å². The van der Waals surface area contributed by atoms with E-state index in [4.69, 9.17) is 23.8 Å². The SMILES string of the molecule is C[C@H](Nc1ncnn2c([C@]34OCC[C@](COP(=O)(O)CP(=O)(O)O)(O3)[C@@H](O)[C@H]4O)ccc12)c1ccccc1F. The fraction of sp³-hybridized carbons (Fsp3) is 0.455. The second kappa shape index (κ2) is 9.96. The van der Waals surface area contributed by atoms with E-state index < -0.39 is 63.2 Å². The number of anilines is 1. The van der Waals surface area contributed by atoms with Gasteiger partial charge < -0.3 is 44.2 Å². The van der Waals surface area contributed by atoms with Crippen LogP contribution in [0.1, 0.15) is 30.6 Å². The fourth-order valence-electron chi connectivity index (χ4n) is 4.97. The predicted octanol–water partition coefficient (Wildman–Crippen LogP) is 1.44. The topological polar surface area (TPSA) is 205 Å². The van der Waals surface area contributed by atoms with Gasteiger partial charge in [-0.25, -0.2) is 13.9 Å². The van der Waals surface area contributed by atoms with Gasteiger partial charge in [0.25, 0.3) is 0 Å². The molecule has 2 aliphatic heterocycles. The first kappa shape index (κ1) is 28.2. The Kier molecular flexibility index (Phi) is 7.22. The average Bonchev–Trinajstić information content (AvgIpc) is 3.36. The van der Waals surface area contributed by atoms with E-state index in [1.54, 1.807) is 31.2 Å². The van der Waals surface area contributed by atoms with Gasteiger partial charge in [0, 0.05) is 12.0 Å². The summed E-state index contributed by atoms with van der Waals surface area (Å²) in [7, 11) is -9.65. The van der Waals surface area contributed by atoms with Gasteiger partial charge in [-0.2, -0.15) is 5.10 Å². The first-order valence-electron chi connectivity index (χ1n) is 11.8. The summed E-state index contributed by atoms with van der Waals surface area (Å²) in [6.07, 6.45) is -2.20. The highest BCUT2D eigenvalue weighted by molar-refractivity contribution is 7.70. The van der Waals surface area contributed by atoms with Crippen molar-refractivity contribution in [1.82, 2.24) is 14.6 Å². The molecule has 212 valence electrons. The van der Waals surface area contributed by atoms with Crippen LogP contribution in [0.25, 0.3) is 5.52 Å². The zero-order valence-electron chi connectivity index (χ0n) is 20.5. The maximum atomic E-state index is 14.3.